The maximum absolute atomic E-state index is 12.4. The number of carboxylic acid groups (broad SMARTS) is 1. The maximum atomic E-state index is 12.4. The molecule has 0 saturated carbocycles. The molecule has 11 nitrogen and oxygen atoms in total. The molecular formula is C21H25NO10Si. The molecular weight excluding hydrogens is 454 g/mol. The van der Waals surface area contributed by atoms with Gasteiger partial charge in [0.2, 0.25) is 0 Å². The molecule has 0 fully saturated rings. The lowest BCUT2D eigenvalue weighted by Crippen LogP contribution is -2.43. The summed E-state index contributed by atoms with van der Waals surface area (Å²) in [6.45, 7) is 0.201. The normalized spacial score (nSPS) is 10.9. The third-order valence-corrected chi connectivity index (χ3v) is 7.33. The topological polar surface area (TPSA) is 139 Å². The molecule has 2 N–H and O–H groups in total. The van der Waals surface area contributed by atoms with Crippen LogP contribution in [0.3, 0.4) is 0 Å². The third-order valence-electron chi connectivity index (χ3n) is 4.50. The van der Waals surface area contributed by atoms with Crippen molar-refractivity contribution < 1.29 is 47.3 Å². The molecule has 2 rings (SSSR count). The summed E-state index contributed by atoms with van der Waals surface area (Å²) in [7, 11) is 1.72. The van der Waals surface area contributed by atoms with Crippen molar-refractivity contribution in [1.29, 1.82) is 0 Å². The Labute approximate surface area is 191 Å². The van der Waals surface area contributed by atoms with Gasteiger partial charge >= 0.3 is 26.8 Å². The third kappa shape index (κ3) is 7.29. The number of para-hydroxylation sites is 2. The first-order valence-electron chi connectivity index (χ1n) is 9.77. The van der Waals surface area contributed by atoms with Gasteiger partial charge in [-0.1, -0.05) is 24.3 Å². The second-order valence-electron chi connectivity index (χ2n) is 6.47. The fourth-order valence-corrected chi connectivity index (χ4v) is 4.50. The van der Waals surface area contributed by atoms with E-state index in [0.717, 1.165) is 0 Å². The van der Waals surface area contributed by atoms with Crippen LogP contribution in [0.4, 0.5) is 4.79 Å². The minimum absolute atomic E-state index is 0.0280. The van der Waals surface area contributed by atoms with E-state index >= 15 is 0 Å². The first-order chi connectivity index (χ1) is 15.9. The van der Waals surface area contributed by atoms with Crippen LogP contribution in [0.15, 0.2) is 48.5 Å². The summed E-state index contributed by atoms with van der Waals surface area (Å²) in [5.41, 5.74) is -0.152. The van der Waals surface area contributed by atoms with E-state index in [4.69, 9.17) is 18.0 Å². The summed E-state index contributed by atoms with van der Waals surface area (Å²) in [5.74, 6) is -2.13. The first-order valence-corrected chi connectivity index (χ1v) is 11.7. The summed E-state index contributed by atoms with van der Waals surface area (Å²) < 4.78 is 21.5. The number of rotatable bonds is 11. The Bertz CT molecular complexity index is 955. The molecule has 0 aliphatic carbocycles. The Morgan fingerprint density at radius 3 is 1.97 bits per heavy atom. The SMILES string of the molecule is CO[Si](CCCNC(=O)OOC(=O)c1ccccc1Oc1ccccc1C(=O)O)(OC)OC. The van der Waals surface area contributed by atoms with Crippen LogP contribution < -0.4 is 10.1 Å². The van der Waals surface area contributed by atoms with Gasteiger partial charge in [0.1, 0.15) is 22.6 Å². The molecule has 0 saturated heterocycles. The van der Waals surface area contributed by atoms with E-state index in [9.17, 15) is 19.5 Å². The van der Waals surface area contributed by atoms with E-state index < -0.39 is 26.8 Å². The molecule has 0 bridgehead atoms. The van der Waals surface area contributed by atoms with E-state index in [2.05, 4.69) is 15.1 Å². The molecule has 0 aliphatic rings. The van der Waals surface area contributed by atoms with Gasteiger partial charge in [0.25, 0.3) is 0 Å². The second-order valence-corrected chi connectivity index (χ2v) is 9.56. The van der Waals surface area contributed by atoms with Gasteiger partial charge in [-0.25, -0.2) is 24.2 Å². The lowest BCUT2D eigenvalue weighted by Gasteiger charge is -2.24. The maximum Gasteiger partial charge on any atom is 0.500 e. The van der Waals surface area contributed by atoms with Crippen LogP contribution in [-0.4, -0.2) is 59.8 Å². The van der Waals surface area contributed by atoms with Gasteiger partial charge in [0, 0.05) is 33.9 Å². The zero-order valence-corrected chi connectivity index (χ0v) is 19.4. The van der Waals surface area contributed by atoms with Crippen molar-refractivity contribution >= 4 is 26.8 Å². The van der Waals surface area contributed by atoms with Gasteiger partial charge in [-0.05, 0) is 30.7 Å². The van der Waals surface area contributed by atoms with E-state index in [1.165, 1.54) is 45.6 Å². The van der Waals surface area contributed by atoms with Gasteiger partial charge in [0.15, 0.2) is 0 Å². The molecule has 0 heterocycles. The molecule has 2 aromatic rings. The van der Waals surface area contributed by atoms with Crippen LogP contribution in [0.1, 0.15) is 27.1 Å². The van der Waals surface area contributed by atoms with E-state index in [0.29, 0.717) is 12.5 Å². The quantitative estimate of drug-likeness (QED) is 0.214. The zero-order chi connectivity index (χ0) is 24.3. The van der Waals surface area contributed by atoms with Crippen LogP contribution in [0.5, 0.6) is 11.5 Å². The zero-order valence-electron chi connectivity index (χ0n) is 18.4. The highest BCUT2D eigenvalue weighted by Crippen LogP contribution is 2.28. The lowest BCUT2D eigenvalue weighted by molar-refractivity contribution is -0.183. The van der Waals surface area contributed by atoms with Crippen molar-refractivity contribution in [2.24, 2.45) is 0 Å². The number of carbonyl (C=O) groups is 3. The molecule has 2 aromatic carbocycles. The smallest absolute Gasteiger partial charge is 0.478 e. The second kappa shape index (κ2) is 12.5. The number of carbonyl (C=O) groups excluding carboxylic acids is 2. The predicted octanol–water partition coefficient (Wildman–Crippen LogP) is 3.24. The van der Waals surface area contributed by atoms with Crippen LogP contribution in [0.25, 0.3) is 0 Å². The summed E-state index contributed by atoms with van der Waals surface area (Å²) in [4.78, 5) is 44.7. The molecule has 0 atom stereocenters. The number of hydrogen-bond donors (Lipinski definition) is 2. The molecule has 33 heavy (non-hydrogen) atoms. The minimum Gasteiger partial charge on any atom is -0.478 e. The predicted molar refractivity (Wildman–Crippen MR) is 116 cm³/mol. The van der Waals surface area contributed by atoms with Crippen molar-refractivity contribution in [3.05, 3.63) is 59.7 Å². The van der Waals surface area contributed by atoms with E-state index in [1.54, 1.807) is 24.3 Å². The van der Waals surface area contributed by atoms with Crippen molar-refractivity contribution in [2.45, 2.75) is 12.5 Å². The first kappa shape index (κ1) is 25.8. The highest BCUT2D eigenvalue weighted by molar-refractivity contribution is 6.60. The minimum atomic E-state index is -2.75. The van der Waals surface area contributed by atoms with Crippen LogP contribution in [-0.2, 0) is 23.1 Å². The Morgan fingerprint density at radius 2 is 1.39 bits per heavy atom. The van der Waals surface area contributed by atoms with Gasteiger partial charge in [0.05, 0.1) is 0 Å². The fraction of sp³-hybridized carbons (Fsp3) is 0.286. The lowest BCUT2D eigenvalue weighted by atomic mass is 10.2. The van der Waals surface area contributed by atoms with Crippen molar-refractivity contribution in [1.82, 2.24) is 5.32 Å². The number of hydrogen-bond acceptors (Lipinski definition) is 9. The Kier molecular flexibility index (Phi) is 9.81. The summed E-state index contributed by atoms with van der Waals surface area (Å²) >= 11 is 0. The number of carboxylic acids is 1. The Balaban J connectivity index is 1.91. The number of nitrogens with one attached hydrogen (secondary N) is 1. The number of amides is 1. The molecule has 178 valence electrons. The van der Waals surface area contributed by atoms with Gasteiger partial charge < -0.3 is 28.4 Å². The van der Waals surface area contributed by atoms with Gasteiger partial charge in [-0.3, -0.25) is 0 Å². The van der Waals surface area contributed by atoms with Crippen LogP contribution in [0.2, 0.25) is 6.04 Å². The number of aromatic carboxylic acids is 1. The van der Waals surface area contributed by atoms with Gasteiger partial charge in [-0.2, -0.15) is 0 Å². The number of ether oxygens (including phenoxy) is 1. The molecule has 0 aromatic heterocycles. The standard InChI is InChI=1S/C21H25NO10Si/c1-27-33(28-2,29-3)14-8-13-22-21(26)32-31-20(25)16-10-5-7-12-18(16)30-17-11-6-4-9-15(17)19(23)24/h4-7,9-12H,8,13-14H2,1-3H3,(H,22,26)(H,23,24). The largest absolute Gasteiger partial charge is 0.500 e. The highest BCUT2D eigenvalue weighted by Gasteiger charge is 2.36. The monoisotopic (exact) mass is 479 g/mol. The van der Waals surface area contributed by atoms with Crippen LogP contribution >= 0.6 is 0 Å². The van der Waals surface area contributed by atoms with Crippen LogP contribution in [0, 0.1) is 0 Å². The Morgan fingerprint density at radius 1 is 0.848 bits per heavy atom. The summed E-state index contributed by atoms with van der Waals surface area (Å²) in [5, 5.41) is 11.7. The summed E-state index contributed by atoms with van der Waals surface area (Å²) in [6.07, 6.45) is -0.498. The molecule has 12 heteroatoms. The average Bonchev–Trinajstić information content (AvgIpc) is 2.83. The average molecular weight is 480 g/mol. The Hall–Kier alpha value is -3.45. The van der Waals surface area contributed by atoms with Gasteiger partial charge in [-0.15, -0.1) is 0 Å². The van der Waals surface area contributed by atoms with E-state index in [-0.39, 0.29) is 29.2 Å². The van der Waals surface area contributed by atoms with E-state index in [1.807, 2.05) is 0 Å². The highest BCUT2D eigenvalue weighted by atomic mass is 28.4. The molecule has 0 radical (unpaired) electrons. The van der Waals surface area contributed by atoms with Crippen molar-refractivity contribution in [3.63, 3.8) is 0 Å². The molecule has 0 aliphatic heterocycles. The number of benzene rings is 2. The van der Waals surface area contributed by atoms with Crippen molar-refractivity contribution in [2.75, 3.05) is 27.9 Å². The fourth-order valence-electron chi connectivity index (χ4n) is 2.78. The molecule has 0 spiro atoms. The molecule has 1 amide bonds. The molecule has 0 unspecified atom stereocenters. The van der Waals surface area contributed by atoms with Crippen molar-refractivity contribution in [3.8, 4) is 11.5 Å². The summed E-state index contributed by atoms with van der Waals surface area (Å²) in [6, 6.07) is 12.4.